The highest BCUT2D eigenvalue weighted by Crippen LogP contribution is 2.25. The minimum Gasteiger partial charge on any atom is -0.406 e. The predicted molar refractivity (Wildman–Crippen MR) is 89.2 cm³/mol. The van der Waals surface area contributed by atoms with Crippen molar-refractivity contribution in [2.45, 2.75) is 18.9 Å². The molecule has 0 aromatic heterocycles. The van der Waals surface area contributed by atoms with Crippen molar-refractivity contribution in [2.75, 3.05) is 5.32 Å². The minimum absolute atomic E-state index is 0.267. The number of benzene rings is 2. The lowest BCUT2D eigenvalue weighted by molar-refractivity contribution is -0.274. The Labute approximate surface area is 151 Å². The van der Waals surface area contributed by atoms with Gasteiger partial charge < -0.3 is 14.9 Å². The minimum atomic E-state index is -4.77. The van der Waals surface area contributed by atoms with Gasteiger partial charge in [-0.2, -0.15) is 0 Å². The summed E-state index contributed by atoms with van der Waals surface area (Å²) in [5.41, 5.74) is 1.71. The largest absolute Gasteiger partial charge is 0.573 e. The van der Waals surface area contributed by atoms with E-state index < -0.39 is 18.4 Å². The number of hydrogen-bond acceptors (Lipinski definition) is 4. The van der Waals surface area contributed by atoms with Crippen LogP contribution < -0.4 is 10.1 Å². The Morgan fingerprint density at radius 3 is 2.42 bits per heavy atom. The average Bonchev–Trinajstić information content (AvgIpc) is 3.06. The number of rotatable bonds is 4. The smallest absolute Gasteiger partial charge is 0.406 e. The standard InChI is InChI=1S/C17H12ClF3N2O3/c18-11-3-1-10(2-4-11)14-9-15(26-23-14)16(24)22-12-5-7-13(8-6-12)25-17(19,20)21/h1-8,15H,9H2,(H,22,24). The van der Waals surface area contributed by atoms with Crippen LogP contribution in [0.1, 0.15) is 12.0 Å². The van der Waals surface area contributed by atoms with Gasteiger partial charge in [0.25, 0.3) is 5.91 Å². The van der Waals surface area contributed by atoms with Crippen LogP contribution in [0.25, 0.3) is 0 Å². The normalized spacial score (nSPS) is 16.6. The van der Waals surface area contributed by atoms with Crippen LogP contribution in [-0.4, -0.2) is 24.1 Å². The van der Waals surface area contributed by atoms with E-state index in [0.29, 0.717) is 16.4 Å². The average molecular weight is 385 g/mol. The number of alkyl halides is 3. The van der Waals surface area contributed by atoms with Crippen molar-refractivity contribution in [2.24, 2.45) is 5.16 Å². The molecule has 0 saturated carbocycles. The Hall–Kier alpha value is -2.74. The molecule has 2 aromatic rings. The van der Waals surface area contributed by atoms with Crippen LogP contribution in [0, 0.1) is 0 Å². The lowest BCUT2D eigenvalue weighted by Crippen LogP contribution is -2.28. The third kappa shape index (κ3) is 4.66. The number of anilines is 1. The second-order valence-electron chi connectivity index (χ2n) is 5.40. The van der Waals surface area contributed by atoms with E-state index in [1.165, 1.54) is 12.1 Å². The van der Waals surface area contributed by atoms with Gasteiger partial charge in [-0.1, -0.05) is 28.9 Å². The zero-order chi connectivity index (χ0) is 18.7. The number of amides is 1. The Kier molecular flexibility index (Phi) is 5.03. The molecule has 1 unspecified atom stereocenters. The highest BCUT2D eigenvalue weighted by Gasteiger charge is 2.31. The van der Waals surface area contributed by atoms with Gasteiger partial charge in [0.2, 0.25) is 6.10 Å². The van der Waals surface area contributed by atoms with E-state index in [1.54, 1.807) is 24.3 Å². The number of halogens is 4. The number of carbonyl (C=O) groups is 1. The number of hydrogen-bond donors (Lipinski definition) is 1. The number of ether oxygens (including phenoxy) is 1. The molecule has 3 rings (SSSR count). The molecule has 2 aromatic carbocycles. The number of oxime groups is 1. The summed E-state index contributed by atoms with van der Waals surface area (Å²) in [6.45, 7) is 0. The summed E-state index contributed by atoms with van der Waals surface area (Å²) in [5, 5.41) is 7.05. The van der Waals surface area contributed by atoms with Crippen molar-refractivity contribution in [3.8, 4) is 5.75 Å². The molecule has 1 aliphatic rings. The van der Waals surface area contributed by atoms with Crippen LogP contribution in [0.5, 0.6) is 5.75 Å². The quantitative estimate of drug-likeness (QED) is 0.851. The molecule has 1 N–H and O–H groups in total. The van der Waals surface area contributed by atoms with Crippen molar-refractivity contribution >= 4 is 28.9 Å². The number of nitrogens with zero attached hydrogens (tertiary/aromatic N) is 1. The van der Waals surface area contributed by atoms with Crippen molar-refractivity contribution in [3.63, 3.8) is 0 Å². The summed E-state index contributed by atoms with van der Waals surface area (Å²) in [7, 11) is 0. The molecule has 0 aliphatic carbocycles. The van der Waals surface area contributed by atoms with Crippen LogP contribution in [0.3, 0.4) is 0 Å². The lowest BCUT2D eigenvalue weighted by Gasteiger charge is -2.11. The molecule has 0 fully saturated rings. The van der Waals surface area contributed by atoms with Crippen LogP contribution in [-0.2, 0) is 9.63 Å². The molecule has 1 atom stereocenters. The van der Waals surface area contributed by atoms with Crippen molar-refractivity contribution in [3.05, 3.63) is 59.1 Å². The van der Waals surface area contributed by atoms with E-state index >= 15 is 0 Å². The van der Waals surface area contributed by atoms with Gasteiger partial charge in [-0.05, 0) is 42.0 Å². The third-order valence-electron chi connectivity index (χ3n) is 3.49. The van der Waals surface area contributed by atoms with Crippen molar-refractivity contribution in [1.82, 2.24) is 0 Å². The van der Waals surface area contributed by atoms with Gasteiger partial charge in [0.15, 0.2) is 0 Å². The Morgan fingerprint density at radius 2 is 1.81 bits per heavy atom. The Bertz CT molecular complexity index is 821. The molecule has 0 spiro atoms. The molecular weight excluding hydrogens is 373 g/mol. The number of carbonyl (C=O) groups excluding carboxylic acids is 1. The fourth-order valence-electron chi connectivity index (χ4n) is 2.29. The first-order valence-corrected chi connectivity index (χ1v) is 7.83. The fourth-order valence-corrected chi connectivity index (χ4v) is 2.42. The van der Waals surface area contributed by atoms with Crippen molar-refractivity contribution in [1.29, 1.82) is 0 Å². The lowest BCUT2D eigenvalue weighted by atomic mass is 10.0. The third-order valence-corrected chi connectivity index (χ3v) is 3.75. The summed E-state index contributed by atoms with van der Waals surface area (Å²) >= 11 is 5.83. The van der Waals surface area contributed by atoms with E-state index in [1.807, 2.05) is 0 Å². The summed E-state index contributed by atoms with van der Waals surface area (Å²) in [4.78, 5) is 17.4. The SMILES string of the molecule is O=C(Nc1ccc(OC(F)(F)F)cc1)C1CC(c2ccc(Cl)cc2)=NO1. The van der Waals surface area contributed by atoms with Crippen LogP contribution in [0.2, 0.25) is 5.02 Å². The second-order valence-corrected chi connectivity index (χ2v) is 5.84. The van der Waals surface area contributed by atoms with E-state index in [2.05, 4.69) is 15.2 Å². The molecule has 0 saturated heterocycles. The second kappa shape index (κ2) is 7.25. The van der Waals surface area contributed by atoms with Gasteiger partial charge >= 0.3 is 6.36 Å². The van der Waals surface area contributed by atoms with E-state index in [9.17, 15) is 18.0 Å². The highest BCUT2D eigenvalue weighted by atomic mass is 35.5. The highest BCUT2D eigenvalue weighted by molar-refractivity contribution is 6.30. The first-order chi connectivity index (χ1) is 12.3. The summed E-state index contributed by atoms with van der Waals surface area (Å²) in [6.07, 6.45) is -5.33. The first-order valence-electron chi connectivity index (χ1n) is 7.45. The van der Waals surface area contributed by atoms with Crippen molar-refractivity contribution < 1.29 is 27.5 Å². The van der Waals surface area contributed by atoms with Gasteiger partial charge in [-0.15, -0.1) is 13.2 Å². The maximum absolute atomic E-state index is 12.2. The zero-order valence-corrected chi connectivity index (χ0v) is 13.8. The number of nitrogens with one attached hydrogen (secondary N) is 1. The molecule has 1 amide bonds. The van der Waals surface area contributed by atoms with Crippen LogP contribution in [0.15, 0.2) is 53.7 Å². The molecule has 1 heterocycles. The Balaban J connectivity index is 1.57. The zero-order valence-electron chi connectivity index (χ0n) is 13.1. The maximum atomic E-state index is 12.2. The fraction of sp³-hybridized carbons (Fsp3) is 0.176. The van der Waals surface area contributed by atoms with Crippen LogP contribution in [0.4, 0.5) is 18.9 Å². The van der Waals surface area contributed by atoms with E-state index in [-0.39, 0.29) is 12.2 Å². The topological polar surface area (TPSA) is 59.9 Å². The molecular formula is C17H12ClF3N2O3. The van der Waals surface area contributed by atoms with Gasteiger partial charge in [0.1, 0.15) is 5.75 Å². The van der Waals surface area contributed by atoms with Crippen LogP contribution >= 0.6 is 11.6 Å². The summed E-state index contributed by atoms with van der Waals surface area (Å²) in [6, 6.07) is 11.8. The van der Waals surface area contributed by atoms with Gasteiger partial charge in [-0.25, -0.2) is 0 Å². The van der Waals surface area contributed by atoms with Gasteiger partial charge in [0.05, 0.1) is 5.71 Å². The molecule has 5 nitrogen and oxygen atoms in total. The van der Waals surface area contributed by atoms with E-state index in [0.717, 1.165) is 17.7 Å². The molecule has 0 bridgehead atoms. The molecule has 9 heteroatoms. The molecule has 1 aliphatic heterocycles. The first kappa shape index (κ1) is 18.1. The summed E-state index contributed by atoms with van der Waals surface area (Å²) in [5.74, 6) is -0.830. The van der Waals surface area contributed by atoms with Gasteiger partial charge in [0, 0.05) is 17.1 Å². The maximum Gasteiger partial charge on any atom is 0.573 e. The molecule has 26 heavy (non-hydrogen) atoms. The summed E-state index contributed by atoms with van der Waals surface area (Å²) < 4.78 is 40.1. The van der Waals surface area contributed by atoms with E-state index in [4.69, 9.17) is 16.4 Å². The Morgan fingerprint density at radius 1 is 1.15 bits per heavy atom. The molecule has 0 radical (unpaired) electrons. The monoisotopic (exact) mass is 384 g/mol. The predicted octanol–water partition coefficient (Wildman–Crippen LogP) is 4.37. The van der Waals surface area contributed by atoms with Gasteiger partial charge in [-0.3, -0.25) is 4.79 Å². The molecule has 136 valence electrons.